The van der Waals surface area contributed by atoms with E-state index >= 15 is 0 Å². The molecule has 4 heteroatoms. The molecule has 3 nitrogen and oxygen atoms in total. The molecule has 0 aliphatic rings. The van der Waals surface area contributed by atoms with Gasteiger partial charge in [-0.2, -0.15) is 5.26 Å². The summed E-state index contributed by atoms with van der Waals surface area (Å²) in [5, 5.41) is 12.8. The van der Waals surface area contributed by atoms with E-state index in [4.69, 9.17) is 5.26 Å². The SMILES string of the molecule is Cc1ncc(CNCC(C)C#N)s1. The lowest BCUT2D eigenvalue weighted by atomic mass is 10.2. The van der Waals surface area contributed by atoms with Gasteiger partial charge in [-0.25, -0.2) is 4.98 Å². The molecule has 13 heavy (non-hydrogen) atoms. The van der Waals surface area contributed by atoms with E-state index in [-0.39, 0.29) is 5.92 Å². The highest BCUT2D eigenvalue weighted by molar-refractivity contribution is 7.11. The van der Waals surface area contributed by atoms with Gasteiger partial charge in [-0.3, -0.25) is 0 Å². The topological polar surface area (TPSA) is 48.7 Å². The Morgan fingerprint density at radius 3 is 3.08 bits per heavy atom. The fraction of sp³-hybridized carbons (Fsp3) is 0.556. The lowest BCUT2D eigenvalue weighted by Gasteiger charge is -2.02. The van der Waals surface area contributed by atoms with Crippen molar-refractivity contribution in [1.82, 2.24) is 10.3 Å². The molecular formula is C9H13N3S. The highest BCUT2D eigenvalue weighted by Gasteiger charge is 2.00. The van der Waals surface area contributed by atoms with Crippen LogP contribution in [0.5, 0.6) is 0 Å². The predicted molar refractivity (Wildman–Crippen MR) is 53.3 cm³/mol. The molecule has 1 aromatic heterocycles. The van der Waals surface area contributed by atoms with E-state index in [1.165, 1.54) is 4.88 Å². The van der Waals surface area contributed by atoms with Gasteiger partial charge in [0.25, 0.3) is 0 Å². The minimum Gasteiger partial charge on any atom is -0.311 e. The van der Waals surface area contributed by atoms with Crippen LogP contribution in [0.4, 0.5) is 0 Å². The fourth-order valence-corrected chi connectivity index (χ4v) is 1.71. The summed E-state index contributed by atoms with van der Waals surface area (Å²) in [4.78, 5) is 5.37. The summed E-state index contributed by atoms with van der Waals surface area (Å²) in [6, 6.07) is 2.18. The first kappa shape index (κ1) is 10.2. The van der Waals surface area contributed by atoms with Gasteiger partial charge in [0, 0.05) is 24.2 Å². The van der Waals surface area contributed by atoms with E-state index in [9.17, 15) is 0 Å². The Balaban J connectivity index is 2.25. The zero-order valence-electron chi connectivity index (χ0n) is 7.87. The minimum atomic E-state index is 0.0778. The van der Waals surface area contributed by atoms with Crippen LogP contribution in [0.2, 0.25) is 0 Å². The molecule has 0 saturated carbocycles. The van der Waals surface area contributed by atoms with Crippen LogP contribution in [0.15, 0.2) is 6.20 Å². The highest BCUT2D eigenvalue weighted by Crippen LogP contribution is 2.10. The van der Waals surface area contributed by atoms with E-state index in [1.807, 2.05) is 20.0 Å². The number of nitrogens with one attached hydrogen (secondary N) is 1. The monoisotopic (exact) mass is 195 g/mol. The van der Waals surface area contributed by atoms with Crippen molar-refractivity contribution in [3.63, 3.8) is 0 Å². The maximum atomic E-state index is 8.54. The van der Waals surface area contributed by atoms with Gasteiger partial charge in [-0.15, -0.1) is 11.3 Å². The Bertz CT molecular complexity index is 300. The Morgan fingerprint density at radius 1 is 1.77 bits per heavy atom. The van der Waals surface area contributed by atoms with Gasteiger partial charge in [0.15, 0.2) is 0 Å². The average molecular weight is 195 g/mol. The number of thiazole rings is 1. The Labute approximate surface area is 82.4 Å². The van der Waals surface area contributed by atoms with E-state index in [2.05, 4.69) is 16.4 Å². The van der Waals surface area contributed by atoms with Gasteiger partial charge in [0.05, 0.1) is 17.0 Å². The molecule has 0 bridgehead atoms. The number of nitrogens with zero attached hydrogens (tertiary/aromatic N) is 2. The number of hydrogen-bond acceptors (Lipinski definition) is 4. The van der Waals surface area contributed by atoms with Crippen LogP contribution < -0.4 is 5.32 Å². The second-order valence-corrected chi connectivity index (χ2v) is 4.33. The normalized spacial score (nSPS) is 12.4. The van der Waals surface area contributed by atoms with Crippen LogP contribution in [0.1, 0.15) is 16.8 Å². The molecular weight excluding hydrogens is 182 g/mol. The summed E-state index contributed by atoms with van der Waals surface area (Å²) < 4.78 is 0. The third-order valence-corrected chi connectivity index (χ3v) is 2.55. The molecule has 1 rings (SSSR count). The molecule has 0 spiro atoms. The Morgan fingerprint density at radius 2 is 2.54 bits per heavy atom. The third-order valence-electron chi connectivity index (χ3n) is 1.64. The van der Waals surface area contributed by atoms with Gasteiger partial charge in [0.1, 0.15) is 0 Å². The number of hydrogen-bond donors (Lipinski definition) is 1. The Kier molecular flexibility index (Phi) is 3.87. The van der Waals surface area contributed by atoms with Crippen molar-refractivity contribution < 1.29 is 0 Å². The number of aryl methyl sites for hydroxylation is 1. The molecule has 0 aliphatic heterocycles. The second-order valence-electron chi connectivity index (χ2n) is 3.01. The van der Waals surface area contributed by atoms with Crippen LogP contribution >= 0.6 is 11.3 Å². The molecule has 0 fully saturated rings. The molecule has 0 radical (unpaired) electrons. The van der Waals surface area contributed by atoms with Gasteiger partial charge in [-0.05, 0) is 13.8 Å². The first-order chi connectivity index (χ1) is 6.22. The van der Waals surface area contributed by atoms with E-state index in [0.29, 0.717) is 0 Å². The summed E-state index contributed by atoms with van der Waals surface area (Å²) in [6.07, 6.45) is 1.88. The quantitative estimate of drug-likeness (QED) is 0.795. The van der Waals surface area contributed by atoms with Gasteiger partial charge in [-0.1, -0.05) is 0 Å². The van der Waals surface area contributed by atoms with Gasteiger partial charge in [0.2, 0.25) is 0 Å². The van der Waals surface area contributed by atoms with E-state index < -0.39 is 0 Å². The number of nitriles is 1. The largest absolute Gasteiger partial charge is 0.311 e. The van der Waals surface area contributed by atoms with Crippen LogP contribution in [-0.2, 0) is 6.54 Å². The van der Waals surface area contributed by atoms with Crippen LogP contribution in [-0.4, -0.2) is 11.5 Å². The summed E-state index contributed by atoms with van der Waals surface area (Å²) in [5.41, 5.74) is 0. The van der Waals surface area contributed by atoms with Crippen LogP contribution in [0, 0.1) is 24.2 Å². The zero-order chi connectivity index (χ0) is 9.68. The summed E-state index contributed by atoms with van der Waals surface area (Å²) >= 11 is 1.69. The zero-order valence-corrected chi connectivity index (χ0v) is 8.69. The first-order valence-corrected chi connectivity index (χ1v) is 5.05. The molecule has 0 amide bonds. The fourth-order valence-electron chi connectivity index (χ4n) is 0.945. The van der Waals surface area contributed by atoms with E-state index in [0.717, 1.165) is 18.1 Å². The lowest BCUT2D eigenvalue weighted by Crippen LogP contribution is -2.19. The van der Waals surface area contributed by atoms with Gasteiger partial charge < -0.3 is 5.32 Å². The first-order valence-electron chi connectivity index (χ1n) is 4.24. The molecule has 0 aromatic carbocycles. The molecule has 1 heterocycles. The molecule has 0 saturated heterocycles. The number of rotatable bonds is 4. The number of aromatic nitrogens is 1. The van der Waals surface area contributed by atoms with Crippen molar-refractivity contribution in [2.24, 2.45) is 5.92 Å². The predicted octanol–water partition coefficient (Wildman–Crippen LogP) is 1.70. The van der Waals surface area contributed by atoms with Crippen LogP contribution in [0.25, 0.3) is 0 Å². The molecule has 1 atom stereocenters. The smallest absolute Gasteiger partial charge is 0.0897 e. The highest BCUT2D eigenvalue weighted by atomic mass is 32.1. The van der Waals surface area contributed by atoms with Gasteiger partial charge >= 0.3 is 0 Å². The summed E-state index contributed by atoms with van der Waals surface area (Å²) in [5.74, 6) is 0.0778. The van der Waals surface area contributed by atoms with Crippen molar-refractivity contribution >= 4 is 11.3 Å². The Hall–Kier alpha value is -0.920. The molecule has 1 unspecified atom stereocenters. The minimum absolute atomic E-state index is 0.0778. The standard InChI is InChI=1S/C9H13N3S/c1-7(3-10)4-11-5-9-6-12-8(2)13-9/h6-7,11H,4-5H2,1-2H3. The average Bonchev–Trinajstić information content (AvgIpc) is 2.51. The second kappa shape index (κ2) is 4.95. The molecule has 0 aliphatic carbocycles. The van der Waals surface area contributed by atoms with Crippen molar-refractivity contribution in [3.8, 4) is 6.07 Å². The van der Waals surface area contributed by atoms with E-state index in [1.54, 1.807) is 11.3 Å². The molecule has 70 valence electrons. The van der Waals surface area contributed by atoms with Crippen molar-refractivity contribution in [3.05, 3.63) is 16.1 Å². The third kappa shape index (κ3) is 3.53. The van der Waals surface area contributed by atoms with Crippen LogP contribution in [0.3, 0.4) is 0 Å². The van der Waals surface area contributed by atoms with Crippen molar-refractivity contribution in [2.45, 2.75) is 20.4 Å². The lowest BCUT2D eigenvalue weighted by molar-refractivity contribution is 0.605. The van der Waals surface area contributed by atoms with Crippen molar-refractivity contribution in [1.29, 1.82) is 5.26 Å². The molecule has 1 aromatic rings. The maximum absolute atomic E-state index is 8.54. The molecule has 1 N–H and O–H groups in total. The van der Waals surface area contributed by atoms with Crippen molar-refractivity contribution in [2.75, 3.05) is 6.54 Å². The summed E-state index contributed by atoms with van der Waals surface area (Å²) in [7, 11) is 0. The maximum Gasteiger partial charge on any atom is 0.0897 e. The summed E-state index contributed by atoms with van der Waals surface area (Å²) in [6.45, 7) is 5.46.